The minimum atomic E-state index is -0.569. The summed E-state index contributed by atoms with van der Waals surface area (Å²) in [5, 5.41) is 0.202. The zero-order chi connectivity index (χ0) is 16.4. The third kappa shape index (κ3) is 2.52. The molecule has 0 spiro atoms. The molecule has 0 atom stereocenters. The molecule has 0 radical (unpaired) electrons. The first-order chi connectivity index (χ1) is 10.4. The van der Waals surface area contributed by atoms with Gasteiger partial charge in [-0.2, -0.15) is 0 Å². The summed E-state index contributed by atoms with van der Waals surface area (Å²) < 4.78 is 21.1. The summed E-state index contributed by atoms with van der Waals surface area (Å²) in [7, 11) is 4.23. The van der Waals surface area contributed by atoms with Gasteiger partial charge in [-0.1, -0.05) is 0 Å². The molecule has 0 aliphatic carbocycles. The van der Waals surface area contributed by atoms with Crippen LogP contribution < -0.4 is 24.7 Å². The monoisotopic (exact) mass is 327 g/mol. The summed E-state index contributed by atoms with van der Waals surface area (Å²) in [5.41, 5.74) is 6.08. The summed E-state index contributed by atoms with van der Waals surface area (Å²) in [6.45, 7) is 1.24. The summed E-state index contributed by atoms with van der Waals surface area (Å²) >= 11 is 5.84. The Morgan fingerprint density at radius 2 is 1.55 bits per heavy atom. The number of hydrogen-bond donors (Lipinski definition) is 1. The second kappa shape index (κ2) is 6.10. The van der Waals surface area contributed by atoms with Crippen molar-refractivity contribution < 1.29 is 23.7 Å². The quantitative estimate of drug-likeness (QED) is 0.515. The van der Waals surface area contributed by atoms with Gasteiger partial charge in [0.25, 0.3) is 0 Å². The molecule has 8 nitrogen and oxygen atoms in total. The van der Waals surface area contributed by atoms with Crippen LogP contribution in [-0.2, 0) is 4.79 Å². The van der Waals surface area contributed by atoms with Gasteiger partial charge in [0.05, 0.1) is 26.7 Å². The Kier molecular flexibility index (Phi) is 4.41. The van der Waals surface area contributed by atoms with Crippen LogP contribution in [0.5, 0.6) is 23.0 Å². The van der Waals surface area contributed by atoms with Crippen LogP contribution in [0.15, 0.2) is 0 Å². The lowest BCUT2D eigenvalue weighted by Crippen LogP contribution is -2.08. The number of nitrogens with zero attached hydrogens (tertiary/aromatic N) is 2. The zero-order valence-electron chi connectivity index (χ0n) is 12.4. The van der Waals surface area contributed by atoms with Gasteiger partial charge in [0.15, 0.2) is 5.75 Å². The van der Waals surface area contributed by atoms with E-state index in [-0.39, 0.29) is 39.6 Å². The number of halogens is 1. The fourth-order valence-corrected chi connectivity index (χ4v) is 2.24. The van der Waals surface area contributed by atoms with Crippen LogP contribution in [-0.4, -0.2) is 37.3 Å². The van der Waals surface area contributed by atoms with E-state index in [9.17, 15) is 4.79 Å². The highest BCUT2D eigenvalue weighted by molar-refractivity contribution is 6.29. The van der Waals surface area contributed by atoms with Crippen LogP contribution in [0.1, 0.15) is 6.92 Å². The fraction of sp³-hybridized carbons (Fsp3) is 0.308. The Bertz CT molecular complexity index is 751. The standard InChI is InChI=1S/C13H14ClN3O5/c1-5(18)22-9-7-6(12(15)17-13(14)16-7)8(19-2)10(20-3)11(9)21-4/h1-4H3,(H2,15,16,17). The number of ether oxygens (including phenoxy) is 4. The topological polar surface area (TPSA) is 106 Å². The van der Waals surface area contributed by atoms with Gasteiger partial charge in [0, 0.05) is 6.92 Å². The van der Waals surface area contributed by atoms with Crippen LogP contribution in [0.4, 0.5) is 5.82 Å². The van der Waals surface area contributed by atoms with Crippen LogP contribution in [0.2, 0.25) is 5.28 Å². The van der Waals surface area contributed by atoms with E-state index < -0.39 is 5.97 Å². The highest BCUT2D eigenvalue weighted by Gasteiger charge is 2.27. The Morgan fingerprint density at radius 1 is 1.00 bits per heavy atom. The second-order valence-electron chi connectivity index (χ2n) is 4.12. The molecule has 0 aliphatic rings. The molecule has 2 N–H and O–H groups in total. The van der Waals surface area contributed by atoms with Crippen molar-refractivity contribution in [1.82, 2.24) is 9.97 Å². The number of methoxy groups -OCH3 is 3. The van der Waals surface area contributed by atoms with Gasteiger partial charge in [0.1, 0.15) is 11.3 Å². The minimum Gasteiger partial charge on any atom is -0.492 e. The highest BCUT2D eigenvalue weighted by atomic mass is 35.5. The van der Waals surface area contributed by atoms with E-state index in [0.717, 1.165) is 0 Å². The number of carbonyl (C=O) groups excluding carboxylic acids is 1. The maximum absolute atomic E-state index is 11.4. The van der Waals surface area contributed by atoms with E-state index in [2.05, 4.69) is 9.97 Å². The van der Waals surface area contributed by atoms with Gasteiger partial charge in [-0.15, -0.1) is 0 Å². The number of rotatable bonds is 4. The fourth-order valence-electron chi connectivity index (χ4n) is 2.07. The van der Waals surface area contributed by atoms with Crippen LogP contribution in [0, 0.1) is 0 Å². The second-order valence-corrected chi connectivity index (χ2v) is 4.46. The van der Waals surface area contributed by atoms with Crippen LogP contribution in [0.3, 0.4) is 0 Å². The molecule has 1 aromatic heterocycles. The number of nitrogen functional groups attached to an aromatic ring is 1. The van der Waals surface area contributed by atoms with E-state index in [0.29, 0.717) is 5.39 Å². The van der Waals surface area contributed by atoms with E-state index >= 15 is 0 Å². The Hall–Kier alpha value is -2.48. The van der Waals surface area contributed by atoms with E-state index in [1.165, 1.54) is 28.3 Å². The van der Waals surface area contributed by atoms with Crippen LogP contribution >= 0.6 is 11.6 Å². The number of anilines is 1. The summed E-state index contributed by atoms with van der Waals surface area (Å²) in [4.78, 5) is 19.3. The Morgan fingerprint density at radius 3 is 2.05 bits per heavy atom. The molecule has 22 heavy (non-hydrogen) atoms. The van der Waals surface area contributed by atoms with Crippen molar-refractivity contribution in [3.05, 3.63) is 5.28 Å². The third-order valence-corrected chi connectivity index (χ3v) is 3.00. The maximum Gasteiger partial charge on any atom is 0.308 e. The largest absolute Gasteiger partial charge is 0.492 e. The zero-order valence-corrected chi connectivity index (χ0v) is 13.1. The molecule has 0 unspecified atom stereocenters. The van der Waals surface area contributed by atoms with Crippen molar-refractivity contribution in [3.8, 4) is 23.0 Å². The SMILES string of the molecule is COc1c(OC)c(OC)c2c(N)nc(Cl)nc2c1OC(C)=O. The smallest absolute Gasteiger partial charge is 0.308 e. The van der Waals surface area contributed by atoms with Crippen molar-refractivity contribution >= 4 is 34.3 Å². The van der Waals surface area contributed by atoms with Crippen molar-refractivity contribution in [2.45, 2.75) is 6.92 Å². The van der Waals surface area contributed by atoms with Gasteiger partial charge in [-0.05, 0) is 11.6 Å². The van der Waals surface area contributed by atoms with E-state index in [1.54, 1.807) is 0 Å². The predicted octanol–water partition coefficient (Wildman–Crippen LogP) is 1.82. The molecular formula is C13H14ClN3O5. The lowest BCUT2D eigenvalue weighted by atomic mass is 10.1. The normalized spacial score (nSPS) is 10.4. The van der Waals surface area contributed by atoms with Gasteiger partial charge in [0.2, 0.25) is 22.5 Å². The highest BCUT2D eigenvalue weighted by Crippen LogP contribution is 2.51. The predicted molar refractivity (Wildman–Crippen MR) is 79.9 cm³/mol. The van der Waals surface area contributed by atoms with Crippen LogP contribution in [0.25, 0.3) is 10.9 Å². The molecule has 0 saturated heterocycles. The summed E-state index contributed by atoms with van der Waals surface area (Å²) in [6.07, 6.45) is 0. The summed E-state index contributed by atoms with van der Waals surface area (Å²) in [5.74, 6) is 0.0991. The number of esters is 1. The molecule has 0 aliphatic heterocycles. The number of nitrogens with two attached hydrogens (primary N) is 1. The lowest BCUT2D eigenvalue weighted by Gasteiger charge is -2.18. The number of carbonyl (C=O) groups is 1. The molecule has 2 rings (SSSR count). The average Bonchev–Trinajstić information content (AvgIpc) is 2.46. The van der Waals surface area contributed by atoms with Gasteiger partial charge in [-0.25, -0.2) is 9.97 Å². The van der Waals surface area contributed by atoms with Crippen molar-refractivity contribution in [1.29, 1.82) is 0 Å². The van der Waals surface area contributed by atoms with Gasteiger partial charge < -0.3 is 24.7 Å². The minimum absolute atomic E-state index is 0.0265. The molecule has 118 valence electrons. The molecule has 0 amide bonds. The lowest BCUT2D eigenvalue weighted by molar-refractivity contribution is -0.131. The molecule has 1 heterocycles. The first-order valence-electron chi connectivity index (χ1n) is 6.07. The first kappa shape index (κ1) is 15.9. The molecule has 1 aromatic carbocycles. The van der Waals surface area contributed by atoms with Gasteiger partial charge in [-0.3, -0.25) is 4.79 Å². The van der Waals surface area contributed by atoms with Gasteiger partial charge >= 0.3 is 5.97 Å². The van der Waals surface area contributed by atoms with Crippen molar-refractivity contribution in [3.63, 3.8) is 0 Å². The maximum atomic E-state index is 11.4. The van der Waals surface area contributed by atoms with E-state index in [1.807, 2.05) is 0 Å². The molecule has 2 aromatic rings. The Balaban J connectivity index is 3.03. The molecule has 0 bridgehead atoms. The van der Waals surface area contributed by atoms with E-state index in [4.69, 9.17) is 36.3 Å². The molecule has 0 fully saturated rings. The summed E-state index contributed by atoms with van der Waals surface area (Å²) in [6, 6.07) is 0. The number of aromatic nitrogens is 2. The van der Waals surface area contributed by atoms with Crippen molar-refractivity contribution in [2.75, 3.05) is 27.1 Å². The van der Waals surface area contributed by atoms with Crippen molar-refractivity contribution in [2.24, 2.45) is 0 Å². The first-order valence-corrected chi connectivity index (χ1v) is 6.45. The average molecular weight is 328 g/mol. The Labute approximate surface area is 131 Å². The third-order valence-electron chi connectivity index (χ3n) is 2.83. The molecular weight excluding hydrogens is 314 g/mol. The number of fused-ring (bicyclic) bond motifs is 1. The molecule has 0 saturated carbocycles. The number of hydrogen-bond acceptors (Lipinski definition) is 8. The molecule has 9 heteroatoms. The number of benzene rings is 1.